The molecule has 12 heteroatoms. The zero-order valence-electron chi connectivity index (χ0n) is 25.0. The van der Waals surface area contributed by atoms with Crippen LogP contribution in [0.2, 0.25) is 0 Å². The lowest BCUT2D eigenvalue weighted by atomic mass is 10.1. The zero-order valence-corrected chi connectivity index (χ0v) is 25.9. The summed E-state index contributed by atoms with van der Waals surface area (Å²) in [6.07, 6.45) is 0.727. The molecule has 43 heavy (non-hydrogen) atoms. The van der Waals surface area contributed by atoms with Crippen molar-refractivity contribution in [2.24, 2.45) is 0 Å². The van der Waals surface area contributed by atoms with Gasteiger partial charge in [0.1, 0.15) is 22.5 Å². The van der Waals surface area contributed by atoms with Crippen molar-refractivity contribution >= 4 is 39.4 Å². The van der Waals surface area contributed by atoms with Crippen LogP contribution < -0.4 is 9.80 Å². The van der Waals surface area contributed by atoms with Gasteiger partial charge in [0.25, 0.3) is 0 Å². The van der Waals surface area contributed by atoms with Gasteiger partial charge >= 0.3 is 6.03 Å². The maximum Gasteiger partial charge on any atom is 0.320 e. The van der Waals surface area contributed by atoms with Crippen LogP contribution in [0.3, 0.4) is 0 Å². The molecule has 2 saturated heterocycles. The number of nitrogens with zero attached hydrogens (tertiary/aromatic N) is 9. The summed E-state index contributed by atoms with van der Waals surface area (Å²) in [6.45, 7) is 10.4. The number of halogens is 1. The highest BCUT2D eigenvalue weighted by atomic mass is 32.1. The van der Waals surface area contributed by atoms with E-state index in [1.54, 1.807) is 12.1 Å². The van der Waals surface area contributed by atoms with E-state index in [-0.39, 0.29) is 11.8 Å². The topological polar surface area (TPSA) is 87.2 Å². The van der Waals surface area contributed by atoms with Gasteiger partial charge in [0.2, 0.25) is 0 Å². The summed E-state index contributed by atoms with van der Waals surface area (Å²) in [5.41, 5.74) is 6.20. The van der Waals surface area contributed by atoms with E-state index in [2.05, 4.69) is 48.9 Å². The van der Waals surface area contributed by atoms with Crippen LogP contribution in [0.25, 0.3) is 16.8 Å². The molecule has 1 aromatic carbocycles. The molecule has 0 atom stereocenters. The number of hydrogen-bond donors (Lipinski definition) is 0. The van der Waals surface area contributed by atoms with Crippen molar-refractivity contribution in [2.75, 3.05) is 76.3 Å². The highest BCUT2D eigenvalue weighted by molar-refractivity contribution is 7.16. The average molecular weight is 602 g/mol. The van der Waals surface area contributed by atoms with Gasteiger partial charge in [-0.3, -0.25) is 0 Å². The fourth-order valence-corrected chi connectivity index (χ4v) is 6.75. The number of fused-ring (bicyclic) bond motifs is 1. The molecule has 0 radical (unpaired) electrons. The Balaban J connectivity index is 1.27. The Bertz CT molecular complexity index is 1680. The van der Waals surface area contributed by atoms with E-state index < -0.39 is 0 Å². The number of amides is 2. The third kappa shape index (κ3) is 5.50. The fraction of sp³-hybridized carbons (Fsp3) is 0.419. The highest BCUT2D eigenvalue weighted by Gasteiger charge is 2.28. The predicted octanol–water partition coefficient (Wildman–Crippen LogP) is 4.60. The molecule has 4 aromatic rings. The highest BCUT2D eigenvalue weighted by Crippen LogP contribution is 2.39. The summed E-state index contributed by atoms with van der Waals surface area (Å²) in [5.74, 6) is -0.331. The molecular weight excluding hydrogens is 565 g/mol. The van der Waals surface area contributed by atoms with Gasteiger partial charge in [-0.05, 0) is 56.8 Å². The lowest BCUT2D eigenvalue weighted by Crippen LogP contribution is -2.56. The largest absolute Gasteiger partial charge is 0.368 e. The molecular formula is C31H36FN9OS. The summed E-state index contributed by atoms with van der Waals surface area (Å²) in [4.78, 5) is 29.0. The molecule has 2 amide bonds. The van der Waals surface area contributed by atoms with E-state index in [0.29, 0.717) is 34.4 Å². The van der Waals surface area contributed by atoms with Crippen molar-refractivity contribution in [3.63, 3.8) is 0 Å². The second-order valence-electron chi connectivity index (χ2n) is 11.2. The quantitative estimate of drug-likeness (QED) is 0.331. The summed E-state index contributed by atoms with van der Waals surface area (Å²) >= 11 is 1.31. The van der Waals surface area contributed by atoms with Gasteiger partial charge in [-0.15, -0.1) is 0 Å². The molecule has 0 aliphatic carbocycles. The number of aromatic nitrogens is 3. The minimum atomic E-state index is -0.331. The van der Waals surface area contributed by atoms with Crippen LogP contribution in [-0.4, -0.2) is 102 Å². The molecule has 0 spiro atoms. The molecule has 10 nitrogen and oxygen atoms in total. The minimum Gasteiger partial charge on any atom is -0.368 e. The van der Waals surface area contributed by atoms with E-state index in [1.165, 1.54) is 23.5 Å². The maximum atomic E-state index is 13.6. The van der Waals surface area contributed by atoms with Crippen LogP contribution in [-0.2, 0) is 6.42 Å². The third-order valence-corrected chi connectivity index (χ3v) is 9.46. The number of pyridine rings is 1. The number of carbonyl (C=O) groups excluding carboxylic acids is 1. The molecule has 2 aliphatic rings. The van der Waals surface area contributed by atoms with E-state index >= 15 is 0 Å². The van der Waals surface area contributed by atoms with E-state index in [1.807, 2.05) is 26.3 Å². The van der Waals surface area contributed by atoms with Crippen molar-refractivity contribution in [3.05, 3.63) is 58.5 Å². The lowest BCUT2D eigenvalue weighted by Gasteiger charge is -2.40. The number of piperazine rings is 2. The molecule has 6 rings (SSSR count). The Morgan fingerprint density at radius 2 is 1.70 bits per heavy atom. The smallest absolute Gasteiger partial charge is 0.320 e. The van der Waals surface area contributed by atoms with Gasteiger partial charge in [0.15, 0.2) is 5.13 Å². The van der Waals surface area contributed by atoms with Crippen LogP contribution in [0.5, 0.6) is 0 Å². The first-order valence-electron chi connectivity index (χ1n) is 14.7. The van der Waals surface area contributed by atoms with Crippen molar-refractivity contribution in [1.82, 2.24) is 29.3 Å². The fourth-order valence-electron chi connectivity index (χ4n) is 5.89. The number of rotatable bonds is 5. The van der Waals surface area contributed by atoms with Crippen LogP contribution >= 0.6 is 11.3 Å². The molecule has 2 fully saturated rings. The molecule has 0 N–H and O–H groups in total. The van der Waals surface area contributed by atoms with Gasteiger partial charge in [0, 0.05) is 76.4 Å². The van der Waals surface area contributed by atoms with Crippen LogP contribution in [0.15, 0.2) is 36.4 Å². The first-order chi connectivity index (χ1) is 20.8. The van der Waals surface area contributed by atoms with E-state index in [9.17, 15) is 14.4 Å². The van der Waals surface area contributed by atoms with Crippen molar-refractivity contribution in [2.45, 2.75) is 20.3 Å². The Kier molecular flexibility index (Phi) is 7.94. The predicted molar refractivity (Wildman–Crippen MR) is 168 cm³/mol. The van der Waals surface area contributed by atoms with Crippen molar-refractivity contribution in [1.29, 1.82) is 5.26 Å². The number of hydrogen-bond acceptors (Lipinski definition) is 8. The number of aryl methyl sites for hydroxylation is 2. The SMILES string of the molecule is CCc1nn2c(C)cc(N3CCN(C(=O)N4CCN(C)CC4)CC3)cc2c1N(C)c1nc(-c2ccc(F)cc2)c(C#N)s1. The summed E-state index contributed by atoms with van der Waals surface area (Å²) in [6, 6.07) is 12.8. The second kappa shape index (κ2) is 11.8. The van der Waals surface area contributed by atoms with Crippen molar-refractivity contribution < 1.29 is 9.18 Å². The number of urea groups is 1. The number of carbonyl (C=O) groups is 1. The Morgan fingerprint density at radius 1 is 1.05 bits per heavy atom. The van der Waals surface area contributed by atoms with Gasteiger partial charge in [0.05, 0.1) is 16.9 Å². The first-order valence-corrected chi connectivity index (χ1v) is 15.5. The standard InChI is InChI=1S/C31H36FN9OS/c1-5-25-29(37(4)30-34-28(27(20-33)43-30)22-6-8-23(32)9-7-22)26-19-24(18-21(2)41(26)35-25)38-14-16-40(17-15-38)31(42)39-12-10-36(3)11-13-39/h6-9,18-19H,5,10-17H2,1-4H3. The van der Waals surface area contributed by atoms with Gasteiger partial charge in [-0.1, -0.05) is 18.3 Å². The van der Waals surface area contributed by atoms with Gasteiger partial charge in [-0.2, -0.15) is 10.4 Å². The number of benzene rings is 1. The number of thiazole rings is 1. The molecule has 0 bridgehead atoms. The van der Waals surface area contributed by atoms with Crippen molar-refractivity contribution in [3.8, 4) is 17.3 Å². The molecule has 0 saturated carbocycles. The second-order valence-corrected chi connectivity index (χ2v) is 12.2. The van der Waals surface area contributed by atoms with Gasteiger partial charge < -0.3 is 24.5 Å². The number of nitriles is 1. The maximum absolute atomic E-state index is 13.6. The Morgan fingerprint density at radius 3 is 2.33 bits per heavy atom. The summed E-state index contributed by atoms with van der Waals surface area (Å²) in [7, 11) is 4.05. The third-order valence-electron chi connectivity index (χ3n) is 8.42. The summed E-state index contributed by atoms with van der Waals surface area (Å²) < 4.78 is 15.5. The Hall–Kier alpha value is -4.21. The lowest BCUT2D eigenvalue weighted by molar-refractivity contribution is 0.120. The molecule has 3 aromatic heterocycles. The average Bonchev–Trinajstić information content (AvgIpc) is 3.63. The zero-order chi connectivity index (χ0) is 30.2. The normalized spacial score (nSPS) is 16.1. The van der Waals surface area contributed by atoms with E-state index in [4.69, 9.17) is 10.1 Å². The Labute approximate surface area is 255 Å². The molecule has 2 aliphatic heterocycles. The minimum absolute atomic E-state index is 0.145. The first kappa shape index (κ1) is 28.9. The van der Waals surface area contributed by atoms with Crippen LogP contribution in [0.1, 0.15) is 23.2 Å². The van der Waals surface area contributed by atoms with Crippen LogP contribution in [0.4, 0.5) is 25.7 Å². The molecule has 224 valence electrons. The van der Waals surface area contributed by atoms with Crippen LogP contribution in [0, 0.1) is 24.1 Å². The van der Waals surface area contributed by atoms with Gasteiger partial charge in [-0.25, -0.2) is 18.7 Å². The number of likely N-dealkylation sites (N-methyl/N-ethyl adjacent to an activating group) is 1. The van der Waals surface area contributed by atoms with E-state index in [0.717, 1.165) is 74.0 Å². The summed E-state index contributed by atoms with van der Waals surface area (Å²) in [5, 5.41) is 15.5. The molecule has 0 unspecified atom stereocenters. The monoisotopic (exact) mass is 601 g/mol. The molecule has 5 heterocycles. The number of anilines is 3.